The highest BCUT2D eigenvalue weighted by molar-refractivity contribution is 5.83. The van der Waals surface area contributed by atoms with E-state index >= 15 is 0 Å². The maximum atomic E-state index is 12.6. The highest BCUT2D eigenvalue weighted by Crippen LogP contribution is 2.13. The van der Waals surface area contributed by atoms with Crippen LogP contribution in [0, 0.1) is 5.92 Å². The molecule has 0 saturated heterocycles. The van der Waals surface area contributed by atoms with Crippen molar-refractivity contribution in [3.63, 3.8) is 0 Å². The number of hydrogen-bond donors (Lipinski definition) is 3. The van der Waals surface area contributed by atoms with Gasteiger partial charge in [-0.2, -0.15) is 0 Å². The molecule has 7 heteroatoms. The molecule has 0 aliphatic carbocycles. The van der Waals surface area contributed by atoms with Gasteiger partial charge >= 0.3 is 5.97 Å². The second-order valence-corrected chi connectivity index (χ2v) is 9.08. The van der Waals surface area contributed by atoms with Crippen LogP contribution >= 0.6 is 0 Å². The van der Waals surface area contributed by atoms with E-state index < -0.39 is 24.1 Å². The summed E-state index contributed by atoms with van der Waals surface area (Å²) in [4.78, 5) is 37.2. The maximum Gasteiger partial charge on any atom is 0.331 e. The van der Waals surface area contributed by atoms with Gasteiger partial charge in [0.1, 0.15) is 6.10 Å². The monoisotopic (exact) mass is 500 g/mol. The molecule has 0 aromatic rings. The number of aliphatic hydroxyl groups excluding tert-OH is 1. The second-order valence-electron chi connectivity index (χ2n) is 9.08. The Morgan fingerprint density at radius 3 is 2.61 bits per heavy atom. The molecule has 1 rings (SSSR count). The topological polar surface area (TPSA) is 105 Å². The van der Waals surface area contributed by atoms with Crippen LogP contribution in [0.4, 0.5) is 0 Å². The van der Waals surface area contributed by atoms with Crippen molar-refractivity contribution in [2.24, 2.45) is 5.92 Å². The van der Waals surface area contributed by atoms with E-state index in [9.17, 15) is 19.5 Å². The number of carbonyl (C=O) groups excluding carboxylic acids is 3. The zero-order valence-electron chi connectivity index (χ0n) is 22.1. The first-order chi connectivity index (χ1) is 17.3. The first-order valence-corrected chi connectivity index (χ1v) is 13.1. The minimum Gasteiger partial charge on any atom is -0.454 e. The molecular weight excluding hydrogens is 456 g/mol. The molecule has 0 spiro atoms. The SMILES string of the molecule is CCCCCCCC=CC=C(C)C1CC(=O)NCC(O)C(C)C(=O)NCCC=CC=CC=CC(=O)O1. The van der Waals surface area contributed by atoms with E-state index in [1.807, 2.05) is 31.2 Å². The van der Waals surface area contributed by atoms with Gasteiger partial charge in [0.15, 0.2) is 0 Å². The molecule has 1 aliphatic rings. The predicted octanol–water partition coefficient (Wildman–Crippen LogP) is 4.45. The van der Waals surface area contributed by atoms with Crippen molar-refractivity contribution < 1.29 is 24.2 Å². The largest absolute Gasteiger partial charge is 0.454 e. The Bertz CT molecular complexity index is 826. The van der Waals surface area contributed by atoms with Gasteiger partial charge in [0.2, 0.25) is 11.8 Å². The minimum atomic E-state index is -1.03. The lowest BCUT2D eigenvalue weighted by atomic mass is 10.0. The van der Waals surface area contributed by atoms with Crippen molar-refractivity contribution in [2.45, 2.75) is 84.3 Å². The molecule has 36 heavy (non-hydrogen) atoms. The van der Waals surface area contributed by atoms with Crippen LogP contribution in [-0.4, -0.2) is 48.2 Å². The number of hydrogen-bond acceptors (Lipinski definition) is 5. The third-order valence-corrected chi connectivity index (χ3v) is 5.92. The highest BCUT2D eigenvalue weighted by Gasteiger charge is 2.24. The van der Waals surface area contributed by atoms with Gasteiger partial charge in [-0.1, -0.05) is 88.1 Å². The highest BCUT2D eigenvalue weighted by atomic mass is 16.5. The molecule has 0 aromatic heterocycles. The van der Waals surface area contributed by atoms with Crippen molar-refractivity contribution in [2.75, 3.05) is 13.1 Å². The van der Waals surface area contributed by atoms with Crippen LogP contribution in [0.15, 0.2) is 60.3 Å². The number of β-amino-alcohol motifs (C(OH)–C–C–N with tert-alkyl or cyclic N) is 1. The second kappa shape index (κ2) is 19.3. The number of rotatable bonds is 8. The Kier molecular flexibility index (Phi) is 16.7. The maximum absolute atomic E-state index is 12.6. The van der Waals surface area contributed by atoms with E-state index in [-0.39, 0.29) is 24.8 Å². The summed E-state index contributed by atoms with van der Waals surface area (Å²) in [6, 6.07) is 0. The third-order valence-electron chi connectivity index (χ3n) is 5.92. The summed E-state index contributed by atoms with van der Waals surface area (Å²) in [6.07, 6.45) is 21.8. The summed E-state index contributed by atoms with van der Waals surface area (Å²) >= 11 is 0. The van der Waals surface area contributed by atoms with E-state index in [1.165, 1.54) is 31.8 Å². The van der Waals surface area contributed by atoms with Gasteiger partial charge in [-0.3, -0.25) is 9.59 Å². The zero-order valence-corrected chi connectivity index (χ0v) is 22.1. The summed E-state index contributed by atoms with van der Waals surface area (Å²) in [7, 11) is 0. The fraction of sp³-hybridized carbons (Fsp3) is 0.552. The number of esters is 1. The summed E-state index contributed by atoms with van der Waals surface area (Å²) in [5.41, 5.74) is 0.742. The van der Waals surface area contributed by atoms with Gasteiger partial charge in [0.25, 0.3) is 0 Å². The van der Waals surface area contributed by atoms with Crippen LogP contribution in [0.2, 0.25) is 0 Å². The van der Waals surface area contributed by atoms with Crippen LogP contribution < -0.4 is 10.6 Å². The molecule has 3 unspecified atom stereocenters. The molecule has 1 heterocycles. The van der Waals surface area contributed by atoms with Gasteiger partial charge in [-0.05, 0) is 31.8 Å². The number of unbranched alkanes of at least 4 members (excludes halogenated alkanes) is 5. The first kappa shape index (κ1) is 31.1. The van der Waals surface area contributed by atoms with Gasteiger partial charge in [-0.15, -0.1) is 0 Å². The fourth-order valence-electron chi connectivity index (χ4n) is 3.45. The molecule has 0 aromatic carbocycles. The molecule has 0 saturated carbocycles. The molecule has 3 atom stereocenters. The smallest absolute Gasteiger partial charge is 0.331 e. The average Bonchev–Trinajstić information content (AvgIpc) is 2.86. The van der Waals surface area contributed by atoms with Crippen LogP contribution in [-0.2, 0) is 19.1 Å². The standard InChI is InChI=1S/C29H44N2O5/c1-4-5-6-7-8-9-12-15-18-23(2)26-21-27(33)31-22-25(32)24(3)29(35)30-20-17-14-11-10-13-16-19-28(34)36-26/h10-16,18-19,24-26,32H,4-9,17,20-22H2,1-3H3,(H,30,35)(H,31,33). The third kappa shape index (κ3) is 14.5. The zero-order chi connectivity index (χ0) is 26.6. The molecule has 200 valence electrons. The van der Waals surface area contributed by atoms with E-state index in [0.717, 1.165) is 18.4 Å². The fourth-order valence-corrected chi connectivity index (χ4v) is 3.45. The normalized spacial score (nSPS) is 23.5. The van der Waals surface area contributed by atoms with Gasteiger partial charge in [0.05, 0.1) is 18.4 Å². The summed E-state index contributed by atoms with van der Waals surface area (Å²) < 4.78 is 5.57. The minimum absolute atomic E-state index is 0.0709. The summed E-state index contributed by atoms with van der Waals surface area (Å²) in [6.45, 7) is 6.01. The van der Waals surface area contributed by atoms with Crippen LogP contribution in [0.1, 0.15) is 72.1 Å². The number of aliphatic hydroxyl groups is 1. The Morgan fingerprint density at radius 1 is 1.08 bits per heavy atom. The van der Waals surface area contributed by atoms with Crippen LogP contribution in [0.25, 0.3) is 0 Å². The Balaban J connectivity index is 2.87. The molecular formula is C29H44N2O5. The molecule has 0 bridgehead atoms. The number of cyclic esters (lactones) is 1. The summed E-state index contributed by atoms with van der Waals surface area (Å²) in [5.74, 6) is -1.87. The van der Waals surface area contributed by atoms with Crippen molar-refractivity contribution in [1.82, 2.24) is 10.6 Å². The Labute approximate surface area is 216 Å². The molecule has 1 aliphatic heterocycles. The van der Waals surface area contributed by atoms with Crippen molar-refractivity contribution in [3.8, 4) is 0 Å². The van der Waals surface area contributed by atoms with Gasteiger partial charge in [0, 0.05) is 19.2 Å². The molecule has 7 nitrogen and oxygen atoms in total. The van der Waals surface area contributed by atoms with Gasteiger partial charge < -0.3 is 20.5 Å². The molecule has 0 fully saturated rings. The number of allylic oxidation sites excluding steroid dienone is 7. The van der Waals surface area contributed by atoms with E-state index in [1.54, 1.807) is 25.2 Å². The Morgan fingerprint density at radius 2 is 1.83 bits per heavy atom. The van der Waals surface area contributed by atoms with Crippen molar-refractivity contribution >= 4 is 17.8 Å². The van der Waals surface area contributed by atoms with Crippen molar-refractivity contribution in [3.05, 3.63) is 60.3 Å². The molecule has 2 amide bonds. The van der Waals surface area contributed by atoms with Crippen LogP contribution in [0.3, 0.4) is 0 Å². The average molecular weight is 501 g/mol. The molecule has 0 radical (unpaired) electrons. The number of amides is 2. The number of nitrogens with one attached hydrogen (secondary N) is 2. The lowest BCUT2D eigenvalue weighted by Crippen LogP contribution is -2.43. The number of carbonyl (C=O) groups is 3. The van der Waals surface area contributed by atoms with Crippen LogP contribution in [0.5, 0.6) is 0 Å². The lowest BCUT2D eigenvalue weighted by Gasteiger charge is -2.21. The van der Waals surface area contributed by atoms with E-state index in [0.29, 0.717) is 13.0 Å². The van der Waals surface area contributed by atoms with Gasteiger partial charge in [-0.25, -0.2) is 4.79 Å². The van der Waals surface area contributed by atoms with E-state index in [2.05, 4.69) is 23.6 Å². The lowest BCUT2D eigenvalue weighted by molar-refractivity contribution is -0.143. The molecule has 3 N–H and O–H groups in total. The quantitative estimate of drug-likeness (QED) is 0.259. The van der Waals surface area contributed by atoms with Crippen molar-refractivity contribution in [1.29, 1.82) is 0 Å². The first-order valence-electron chi connectivity index (χ1n) is 13.1. The Hall–Kier alpha value is -2.93. The number of ether oxygens (including phenoxy) is 1. The van der Waals surface area contributed by atoms with E-state index in [4.69, 9.17) is 4.74 Å². The predicted molar refractivity (Wildman–Crippen MR) is 144 cm³/mol. The summed E-state index contributed by atoms with van der Waals surface area (Å²) in [5, 5.41) is 15.8.